The van der Waals surface area contributed by atoms with Gasteiger partial charge in [-0.05, 0) is 30.9 Å². The number of carboxylic acids is 1. The molecule has 0 aliphatic heterocycles. The van der Waals surface area contributed by atoms with Crippen LogP contribution in [-0.4, -0.2) is 30.6 Å². The molecule has 24 heavy (non-hydrogen) atoms. The molecular weight excluding hydrogens is 306 g/mol. The van der Waals surface area contributed by atoms with E-state index < -0.39 is 11.4 Å². The fourth-order valence-corrected chi connectivity index (χ4v) is 2.60. The Balaban J connectivity index is 2.36. The number of ether oxygens (including phenoxy) is 1. The van der Waals surface area contributed by atoms with Gasteiger partial charge in [-0.1, -0.05) is 44.9 Å². The summed E-state index contributed by atoms with van der Waals surface area (Å²) in [4.78, 5) is 22.8. The maximum Gasteiger partial charge on any atom is 0.303 e. The highest BCUT2D eigenvalue weighted by molar-refractivity contribution is 5.82. The molecule has 5 nitrogen and oxygen atoms in total. The molecule has 1 rings (SSSR count). The highest BCUT2D eigenvalue weighted by atomic mass is 16.5. The molecule has 0 fully saturated rings. The Hall–Kier alpha value is -2.04. The van der Waals surface area contributed by atoms with Gasteiger partial charge in [-0.25, -0.2) is 0 Å². The number of unbranched alkanes of at least 4 members (excludes halogenated alkanes) is 3. The lowest BCUT2D eigenvalue weighted by Gasteiger charge is -2.24. The monoisotopic (exact) mass is 335 g/mol. The maximum absolute atomic E-state index is 12.4. The van der Waals surface area contributed by atoms with Crippen molar-refractivity contribution >= 4 is 11.9 Å². The number of aliphatic carboxylic acids is 1. The second-order valence-electron chi connectivity index (χ2n) is 6.69. The van der Waals surface area contributed by atoms with Crippen molar-refractivity contribution in [3.05, 3.63) is 29.8 Å². The molecule has 0 saturated carbocycles. The summed E-state index contributed by atoms with van der Waals surface area (Å²) in [5.74, 6) is 0.0807. The van der Waals surface area contributed by atoms with E-state index in [2.05, 4.69) is 5.32 Å². The average molecular weight is 335 g/mol. The van der Waals surface area contributed by atoms with Crippen LogP contribution < -0.4 is 10.1 Å². The number of benzene rings is 1. The lowest BCUT2D eigenvalue weighted by atomic mass is 9.84. The fourth-order valence-electron chi connectivity index (χ4n) is 2.60. The number of methoxy groups -OCH3 is 1. The van der Waals surface area contributed by atoms with Gasteiger partial charge in [0.1, 0.15) is 5.75 Å². The van der Waals surface area contributed by atoms with Crippen LogP contribution in [0.25, 0.3) is 0 Å². The summed E-state index contributed by atoms with van der Waals surface area (Å²) in [5, 5.41) is 11.6. The molecule has 0 radical (unpaired) electrons. The van der Waals surface area contributed by atoms with E-state index in [1.807, 2.05) is 38.1 Å². The van der Waals surface area contributed by atoms with Gasteiger partial charge in [0.05, 0.1) is 7.11 Å². The quantitative estimate of drug-likeness (QED) is 0.608. The fraction of sp³-hybridized carbons (Fsp3) is 0.579. The van der Waals surface area contributed by atoms with Crippen LogP contribution in [-0.2, 0) is 16.0 Å². The number of para-hydroxylation sites is 1. The average Bonchev–Trinajstić information content (AvgIpc) is 2.53. The minimum atomic E-state index is -0.749. The van der Waals surface area contributed by atoms with Gasteiger partial charge in [0, 0.05) is 18.4 Å². The number of rotatable bonds is 11. The Morgan fingerprint density at radius 2 is 1.79 bits per heavy atom. The van der Waals surface area contributed by atoms with Gasteiger partial charge in [-0.15, -0.1) is 0 Å². The van der Waals surface area contributed by atoms with Gasteiger partial charge in [0.15, 0.2) is 0 Å². The molecule has 0 heterocycles. The van der Waals surface area contributed by atoms with E-state index in [4.69, 9.17) is 9.84 Å². The van der Waals surface area contributed by atoms with Crippen LogP contribution in [0.1, 0.15) is 51.5 Å². The molecule has 0 bridgehead atoms. The van der Waals surface area contributed by atoms with Gasteiger partial charge in [0.2, 0.25) is 5.91 Å². The van der Waals surface area contributed by atoms with Gasteiger partial charge in [-0.3, -0.25) is 9.59 Å². The van der Waals surface area contributed by atoms with Crippen LogP contribution in [0, 0.1) is 5.41 Å². The molecule has 134 valence electrons. The lowest BCUT2D eigenvalue weighted by molar-refractivity contribution is -0.137. The van der Waals surface area contributed by atoms with Crippen LogP contribution in [0.15, 0.2) is 24.3 Å². The number of carbonyl (C=O) groups excluding carboxylic acids is 1. The first-order valence-corrected chi connectivity index (χ1v) is 8.49. The predicted molar refractivity (Wildman–Crippen MR) is 94.2 cm³/mol. The molecule has 0 spiro atoms. The minimum Gasteiger partial charge on any atom is -0.496 e. The van der Waals surface area contributed by atoms with Crippen molar-refractivity contribution in [1.29, 1.82) is 0 Å². The standard InChI is InChI=1S/C19H29NO4/c1-19(2,14-15-10-7-8-11-16(15)24-3)18(23)20-13-9-5-4-6-12-17(21)22/h7-8,10-11H,4-6,9,12-14H2,1-3H3,(H,20,23)(H,21,22). The smallest absolute Gasteiger partial charge is 0.303 e. The van der Waals surface area contributed by atoms with Crippen molar-refractivity contribution < 1.29 is 19.4 Å². The van der Waals surface area contributed by atoms with E-state index >= 15 is 0 Å². The Labute approximate surface area is 144 Å². The molecular formula is C19H29NO4. The minimum absolute atomic E-state index is 0.0268. The van der Waals surface area contributed by atoms with E-state index in [9.17, 15) is 9.59 Å². The van der Waals surface area contributed by atoms with Crippen molar-refractivity contribution in [3.8, 4) is 5.75 Å². The van der Waals surface area contributed by atoms with Crippen molar-refractivity contribution in [2.24, 2.45) is 5.41 Å². The zero-order chi connectivity index (χ0) is 18.0. The van der Waals surface area contributed by atoms with E-state index in [1.54, 1.807) is 7.11 Å². The highest BCUT2D eigenvalue weighted by Gasteiger charge is 2.28. The first kappa shape index (κ1) is 20.0. The van der Waals surface area contributed by atoms with Crippen molar-refractivity contribution in [1.82, 2.24) is 5.32 Å². The summed E-state index contributed by atoms with van der Waals surface area (Å²) in [7, 11) is 1.64. The van der Waals surface area contributed by atoms with Crippen LogP contribution in [0.3, 0.4) is 0 Å². The Bertz CT molecular complexity index is 540. The van der Waals surface area contributed by atoms with Crippen molar-refractivity contribution in [3.63, 3.8) is 0 Å². The number of amides is 1. The normalized spacial score (nSPS) is 11.1. The molecule has 5 heteroatoms. The van der Waals surface area contributed by atoms with E-state index in [0.29, 0.717) is 19.4 Å². The third kappa shape index (κ3) is 7.02. The highest BCUT2D eigenvalue weighted by Crippen LogP contribution is 2.27. The molecule has 0 saturated heterocycles. The number of carbonyl (C=O) groups is 2. The lowest BCUT2D eigenvalue weighted by Crippen LogP contribution is -2.38. The van der Waals surface area contributed by atoms with Crippen molar-refractivity contribution in [2.45, 2.75) is 52.4 Å². The van der Waals surface area contributed by atoms with E-state index in [0.717, 1.165) is 30.6 Å². The third-order valence-electron chi connectivity index (χ3n) is 4.04. The molecule has 1 aromatic carbocycles. The van der Waals surface area contributed by atoms with Gasteiger partial charge < -0.3 is 15.2 Å². The van der Waals surface area contributed by atoms with Crippen LogP contribution in [0.5, 0.6) is 5.75 Å². The predicted octanol–water partition coefficient (Wildman–Crippen LogP) is 3.42. The topological polar surface area (TPSA) is 75.6 Å². The molecule has 0 aliphatic carbocycles. The SMILES string of the molecule is COc1ccccc1CC(C)(C)C(=O)NCCCCCCC(=O)O. The van der Waals surface area contributed by atoms with Crippen molar-refractivity contribution in [2.75, 3.05) is 13.7 Å². The Kier molecular flexibility index (Phi) is 8.30. The zero-order valence-corrected chi connectivity index (χ0v) is 14.9. The first-order chi connectivity index (χ1) is 11.4. The Morgan fingerprint density at radius 3 is 2.46 bits per heavy atom. The summed E-state index contributed by atoms with van der Waals surface area (Å²) in [6.45, 7) is 4.49. The number of nitrogens with one attached hydrogen (secondary N) is 1. The molecule has 1 aromatic rings. The second-order valence-corrected chi connectivity index (χ2v) is 6.69. The second kappa shape index (κ2) is 9.96. The summed E-state index contributed by atoms with van der Waals surface area (Å²) in [6.07, 6.45) is 4.21. The summed E-state index contributed by atoms with van der Waals surface area (Å²) < 4.78 is 5.35. The number of carboxylic acid groups (broad SMARTS) is 1. The first-order valence-electron chi connectivity index (χ1n) is 8.49. The molecule has 0 atom stereocenters. The molecule has 2 N–H and O–H groups in total. The maximum atomic E-state index is 12.4. The van der Waals surface area contributed by atoms with Gasteiger partial charge in [-0.2, -0.15) is 0 Å². The largest absolute Gasteiger partial charge is 0.496 e. The van der Waals surface area contributed by atoms with Crippen LogP contribution >= 0.6 is 0 Å². The van der Waals surface area contributed by atoms with Gasteiger partial charge >= 0.3 is 5.97 Å². The van der Waals surface area contributed by atoms with Gasteiger partial charge in [0.25, 0.3) is 0 Å². The molecule has 0 unspecified atom stereocenters. The van der Waals surface area contributed by atoms with Crippen LogP contribution in [0.2, 0.25) is 0 Å². The zero-order valence-electron chi connectivity index (χ0n) is 14.9. The third-order valence-corrected chi connectivity index (χ3v) is 4.04. The summed E-state index contributed by atoms with van der Waals surface area (Å²) in [6, 6.07) is 7.75. The molecule has 0 aliphatic rings. The Morgan fingerprint density at radius 1 is 1.12 bits per heavy atom. The summed E-state index contributed by atoms with van der Waals surface area (Å²) >= 11 is 0. The summed E-state index contributed by atoms with van der Waals surface area (Å²) in [5.41, 5.74) is 0.506. The number of hydrogen-bond acceptors (Lipinski definition) is 3. The molecule has 0 aromatic heterocycles. The van der Waals surface area contributed by atoms with E-state index in [-0.39, 0.29) is 12.3 Å². The van der Waals surface area contributed by atoms with Crippen LogP contribution in [0.4, 0.5) is 0 Å². The molecule has 1 amide bonds. The number of hydrogen-bond donors (Lipinski definition) is 2. The van der Waals surface area contributed by atoms with E-state index in [1.165, 1.54) is 0 Å².